The lowest BCUT2D eigenvalue weighted by Crippen LogP contribution is -2.30. The number of benzene rings is 1. The summed E-state index contributed by atoms with van der Waals surface area (Å²) < 4.78 is 33.5. The lowest BCUT2D eigenvalue weighted by atomic mass is 9.95. The molecule has 2 heterocycles. The molecule has 0 saturated carbocycles. The SMILES string of the molecule is COC(=O)c1ccccc1CC1CCN(S(=O)(=O)c2cc(C)nn2C)C1. The van der Waals surface area contributed by atoms with Crippen molar-refractivity contribution in [1.29, 1.82) is 0 Å². The number of ether oxygens (including phenoxy) is 1. The summed E-state index contributed by atoms with van der Waals surface area (Å²) in [5.74, 6) is -0.210. The molecule has 2 aromatic rings. The second-order valence-corrected chi connectivity index (χ2v) is 8.50. The minimum absolute atomic E-state index is 0.157. The summed E-state index contributed by atoms with van der Waals surface area (Å²) in [6.07, 6.45) is 1.40. The number of aryl methyl sites for hydroxylation is 2. The molecule has 1 aliphatic rings. The van der Waals surface area contributed by atoms with Gasteiger partial charge in [0.1, 0.15) is 0 Å². The molecule has 140 valence electrons. The zero-order chi connectivity index (χ0) is 18.9. The van der Waals surface area contributed by atoms with Crippen molar-refractivity contribution in [2.45, 2.75) is 24.8 Å². The largest absolute Gasteiger partial charge is 0.465 e. The molecule has 3 rings (SSSR count). The molecule has 0 amide bonds. The number of methoxy groups -OCH3 is 1. The normalized spacial score (nSPS) is 18.2. The van der Waals surface area contributed by atoms with E-state index in [4.69, 9.17) is 4.74 Å². The predicted molar refractivity (Wildman–Crippen MR) is 96.3 cm³/mol. The molecule has 7 nitrogen and oxygen atoms in total. The Labute approximate surface area is 153 Å². The van der Waals surface area contributed by atoms with Gasteiger partial charge in [0.25, 0.3) is 10.0 Å². The Balaban J connectivity index is 1.76. The molecule has 26 heavy (non-hydrogen) atoms. The average Bonchev–Trinajstić information content (AvgIpc) is 3.21. The molecule has 8 heteroatoms. The van der Waals surface area contributed by atoms with Gasteiger partial charge in [0.2, 0.25) is 0 Å². The third-order valence-corrected chi connectivity index (χ3v) is 6.67. The van der Waals surface area contributed by atoms with Crippen molar-refractivity contribution in [2.24, 2.45) is 13.0 Å². The smallest absolute Gasteiger partial charge is 0.338 e. The Morgan fingerprint density at radius 3 is 2.73 bits per heavy atom. The van der Waals surface area contributed by atoms with E-state index in [-0.39, 0.29) is 16.9 Å². The molecule has 1 unspecified atom stereocenters. The Morgan fingerprint density at radius 1 is 1.35 bits per heavy atom. The topological polar surface area (TPSA) is 81.5 Å². The van der Waals surface area contributed by atoms with E-state index in [0.717, 1.165) is 12.0 Å². The molecule has 1 saturated heterocycles. The Morgan fingerprint density at radius 2 is 2.08 bits per heavy atom. The number of sulfonamides is 1. The van der Waals surface area contributed by atoms with E-state index in [1.165, 1.54) is 16.1 Å². The zero-order valence-corrected chi connectivity index (χ0v) is 16.0. The molecule has 1 fully saturated rings. The molecule has 0 bridgehead atoms. The number of carbonyl (C=O) groups is 1. The number of hydrogen-bond acceptors (Lipinski definition) is 5. The van der Waals surface area contributed by atoms with Crippen LogP contribution in [0.1, 0.15) is 28.0 Å². The molecule has 0 radical (unpaired) electrons. The second-order valence-electron chi connectivity index (χ2n) is 6.62. The highest BCUT2D eigenvalue weighted by atomic mass is 32.2. The van der Waals surface area contributed by atoms with Gasteiger partial charge in [-0.05, 0) is 43.4 Å². The number of rotatable bonds is 5. The van der Waals surface area contributed by atoms with Crippen LogP contribution in [0.5, 0.6) is 0 Å². The first-order valence-electron chi connectivity index (χ1n) is 8.50. The highest BCUT2D eigenvalue weighted by Crippen LogP contribution is 2.27. The molecular weight excluding hydrogens is 354 g/mol. The lowest BCUT2D eigenvalue weighted by Gasteiger charge is -2.17. The van der Waals surface area contributed by atoms with Crippen molar-refractivity contribution in [3.05, 3.63) is 47.2 Å². The molecular formula is C18H23N3O4S. The van der Waals surface area contributed by atoms with Gasteiger partial charge in [-0.2, -0.15) is 9.40 Å². The van der Waals surface area contributed by atoms with Gasteiger partial charge in [-0.1, -0.05) is 18.2 Å². The summed E-state index contributed by atoms with van der Waals surface area (Å²) in [7, 11) is -0.564. The third-order valence-electron chi connectivity index (χ3n) is 4.74. The summed E-state index contributed by atoms with van der Waals surface area (Å²) in [6.45, 7) is 2.68. The van der Waals surface area contributed by atoms with Crippen LogP contribution in [0.2, 0.25) is 0 Å². The molecule has 0 aliphatic carbocycles. The second kappa shape index (κ2) is 7.20. The van der Waals surface area contributed by atoms with Gasteiger partial charge < -0.3 is 4.74 Å². The van der Waals surface area contributed by atoms with Crippen LogP contribution in [0.4, 0.5) is 0 Å². The number of hydrogen-bond donors (Lipinski definition) is 0. The first kappa shape index (κ1) is 18.6. The van der Waals surface area contributed by atoms with Gasteiger partial charge in [-0.15, -0.1) is 0 Å². The minimum Gasteiger partial charge on any atom is -0.465 e. The lowest BCUT2D eigenvalue weighted by molar-refractivity contribution is 0.0599. The van der Waals surface area contributed by atoms with Gasteiger partial charge in [0.05, 0.1) is 18.4 Å². The molecule has 1 aromatic carbocycles. The van der Waals surface area contributed by atoms with E-state index in [1.54, 1.807) is 32.2 Å². The summed E-state index contributed by atoms with van der Waals surface area (Å²) >= 11 is 0. The van der Waals surface area contributed by atoms with Crippen molar-refractivity contribution in [3.63, 3.8) is 0 Å². The van der Waals surface area contributed by atoms with E-state index in [1.807, 2.05) is 12.1 Å². The van der Waals surface area contributed by atoms with Crippen LogP contribution in [-0.2, 0) is 28.2 Å². The minimum atomic E-state index is -3.56. The maximum atomic E-state index is 12.9. The van der Waals surface area contributed by atoms with Gasteiger partial charge in [-0.3, -0.25) is 4.68 Å². The van der Waals surface area contributed by atoms with Crippen LogP contribution in [0.25, 0.3) is 0 Å². The van der Waals surface area contributed by atoms with Crippen molar-refractivity contribution < 1.29 is 17.9 Å². The highest BCUT2D eigenvalue weighted by Gasteiger charge is 2.34. The molecule has 1 atom stereocenters. The van der Waals surface area contributed by atoms with Crippen molar-refractivity contribution in [3.8, 4) is 0 Å². The summed E-state index contributed by atoms with van der Waals surface area (Å²) in [5, 5.41) is 4.35. The van der Waals surface area contributed by atoms with Crippen LogP contribution in [0.15, 0.2) is 35.4 Å². The van der Waals surface area contributed by atoms with E-state index in [2.05, 4.69) is 5.10 Å². The predicted octanol–water partition coefficient (Wildman–Crippen LogP) is 1.77. The fourth-order valence-corrected chi connectivity index (χ4v) is 5.17. The number of aromatic nitrogens is 2. The summed E-state index contributed by atoms with van der Waals surface area (Å²) in [6, 6.07) is 8.90. The van der Waals surface area contributed by atoms with Crippen LogP contribution in [0.3, 0.4) is 0 Å². The number of carbonyl (C=O) groups excluding carboxylic acids is 1. The van der Waals surface area contributed by atoms with E-state index in [9.17, 15) is 13.2 Å². The molecule has 1 aromatic heterocycles. The highest BCUT2D eigenvalue weighted by molar-refractivity contribution is 7.89. The fraction of sp³-hybridized carbons (Fsp3) is 0.444. The van der Waals surface area contributed by atoms with E-state index in [0.29, 0.717) is 30.8 Å². The van der Waals surface area contributed by atoms with Crippen molar-refractivity contribution in [2.75, 3.05) is 20.2 Å². The monoisotopic (exact) mass is 377 g/mol. The third kappa shape index (κ3) is 3.52. The van der Waals surface area contributed by atoms with Crippen molar-refractivity contribution in [1.82, 2.24) is 14.1 Å². The van der Waals surface area contributed by atoms with Gasteiger partial charge in [-0.25, -0.2) is 13.2 Å². The zero-order valence-electron chi connectivity index (χ0n) is 15.2. The van der Waals surface area contributed by atoms with E-state index >= 15 is 0 Å². The molecule has 1 aliphatic heterocycles. The summed E-state index contributed by atoms with van der Waals surface area (Å²) in [4.78, 5) is 11.9. The Bertz CT molecular complexity index is 920. The maximum absolute atomic E-state index is 12.9. The van der Waals surface area contributed by atoms with Crippen LogP contribution < -0.4 is 0 Å². The van der Waals surface area contributed by atoms with Crippen molar-refractivity contribution >= 4 is 16.0 Å². The number of nitrogens with zero attached hydrogens (tertiary/aromatic N) is 3. The molecule has 0 N–H and O–H groups in total. The van der Waals surface area contributed by atoms with Gasteiger partial charge >= 0.3 is 5.97 Å². The number of esters is 1. The van der Waals surface area contributed by atoms with Crippen LogP contribution >= 0.6 is 0 Å². The van der Waals surface area contributed by atoms with E-state index < -0.39 is 10.0 Å². The first-order chi connectivity index (χ1) is 12.3. The Hall–Kier alpha value is -2.19. The fourth-order valence-electron chi connectivity index (χ4n) is 3.46. The maximum Gasteiger partial charge on any atom is 0.338 e. The van der Waals surface area contributed by atoms with Gasteiger partial charge in [0, 0.05) is 20.1 Å². The Kier molecular flexibility index (Phi) is 5.15. The average molecular weight is 377 g/mol. The standard InChI is InChI=1S/C18H23N3O4S/c1-13-10-17(20(2)19-13)26(23,24)21-9-8-14(12-21)11-15-6-4-5-7-16(15)18(22)25-3/h4-7,10,14H,8-9,11-12H2,1-3H3. The van der Waals surface area contributed by atoms with Gasteiger partial charge in [0.15, 0.2) is 5.03 Å². The van der Waals surface area contributed by atoms with Crippen LogP contribution in [0, 0.1) is 12.8 Å². The van der Waals surface area contributed by atoms with Crippen LogP contribution in [-0.4, -0.2) is 48.7 Å². The quantitative estimate of drug-likeness (QED) is 0.742. The summed E-state index contributed by atoms with van der Waals surface area (Å²) in [5.41, 5.74) is 2.10. The molecule has 0 spiro atoms. The first-order valence-corrected chi connectivity index (χ1v) is 9.94.